The van der Waals surface area contributed by atoms with E-state index in [1.807, 2.05) is 25.1 Å². The summed E-state index contributed by atoms with van der Waals surface area (Å²) in [6, 6.07) is 14.7. The minimum Gasteiger partial charge on any atom is -0.354 e. The summed E-state index contributed by atoms with van der Waals surface area (Å²) < 4.78 is 0. The number of pyridine rings is 2. The second-order valence-electron chi connectivity index (χ2n) is 8.55. The molecule has 3 heterocycles. The van der Waals surface area contributed by atoms with Crippen LogP contribution in [0.1, 0.15) is 43.5 Å². The lowest BCUT2D eigenvalue weighted by Gasteiger charge is -2.41. The van der Waals surface area contributed by atoms with Crippen LogP contribution in [0.4, 0.5) is 5.82 Å². The van der Waals surface area contributed by atoms with Gasteiger partial charge in [0.15, 0.2) is 0 Å². The predicted molar refractivity (Wildman–Crippen MR) is 124 cm³/mol. The maximum atomic E-state index is 12.3. The standard InChI is InChI=1S/C25H29N5O/c1-4-19-13-20-6-7-21(14-22(20)28-25(19)31)24(17(2)3)30-11-9-29(10-12-30)23-8-5-18(15-26)16-27-23/h5-8,13-14,16-17,24H,4,9-12H2,1-3H3,(H,28,31). The Morgan fingerprint density at radius 3 is 2.52 bits per heavy atom. The highest BCUT2D eigenvalue weighted by molar-refractivity contribution is 5.79. The molecule has 6 nitrogen and oxygen atoms in total. The van der Waals surface area contributed by atoms with Crippen molar-refractivity contribution >= 4 is 16.7 Å². The minimum absolute atomic E-state index is 0.0109. The highest BCUT2D eigenvalue weighted by Gasteiger charge is 2.28. The van der Waals surface area contributed by atoms with Gasteiger partial charge in [0.2, 0.25) is 0 Å². The molecule has 1 unspecified atom stereocenters. The molecule has 6 heteroatoms. The Morgan fingerprint density at radius 2 is 1.90 bits per heavy atom. The first kappa shape index (κ1) is 21.1. The van der Waals surface area contributed by atoms with Crippen LogP contribution in [0.25, 0.3) is 10.9 Å². The third-order valence-electron chi connectivity index (χ3n) is 6.21. The van der Waals surface area contributed by atoms with E-state index in [1.165, 1.54) is 5.56 Å². The summed E-state index contributed by atoms with van der Waals surface area (Å²) in [5, 5.41) is 10.1. The number of piperazine rings is 1. The quantitative estimate of drug-likeness (QED) is 0.684. The smallest absolute Gasteiger partial charge is 0.251 e. The van der Waals surface area contributed by atoms with Gasteiger partial charge in [-0.25, -0.2) is 4.98 Å². The van der Waals surface area contributed by atoms with Crippen molar-refractivity contribution in [2.24, 2.45) is 5.92 Å². The van der Waals surface area contributed by atoms with E-state index in [0.717, 1.165) is 54.9 Å². The number of aromatic nitrogens is 2. The van der Waals surface area contributed by atoms with Gasteiger partial charge in [-0.05, 0) is 47.6 Å². The molecule has 31 heavy (non-hydrogen) atoms. The number of aryl methyl sites for hydroxylation is 1. The lowest BCUT2D eigenvalue weighted by molar-refractivity contribution is 0.146. The molecular formula is C25H29N5O. The number of nitrogens with zero attached hydrogens (tertiary/aromatic N) is 4. The van der Waals surface area contributed by atoms with E-state index < -0.39 is 0 Å². The van der Waals surface area contributed by atoms with Crippen molar-refractivity contribution < 1.29 is 0 Å². The molecule has 0 spiro atoms. The fraction of sp³-hybridized carbons (Fsp3) is 0.400. The van der Waals surface area contributed by atoms with Crippen LogP contribution in [0.5, 0.6) is 0 Å². The van der Waals surface area contributed by atoms with Gasteiger partial charge in [0.05, 0.1) is 5.56 Å². The number of anilines is 1. The Bertz CT molecular complexity index is 1150. The lowest BCUT2D eigenvalue weighted by atomic mass is 9.92. The number of hydrogen-bond donors (Lipinski definition) is 1. The van der Waals surface area contributed by atoms with E-state index >= 15 is 0 Å². The molecule has 1 saturated heterocycles. The number of hydrogen-bond acceptors (Lipinski definition) is 5. The summed E-state index contributed by atoms with van der Waals surface area (Å²) in [5.74, 6) is 1.37. The number of nitrogens with one attached hydrogen (secondary N) is 1. The van der Waals surface area contributed by atoms with Crippen LogP contribution in [0.2, 0.25) is 0 Å². The molecule has 3 aromatic rings. The number of aromatic amines is 1. The first-order chi connectivity index (χ1) is 15.0. The average molecular weight is 416 g/mol. The topological polar surface area (TPSA) is 76.0 Å². The molecule has 1 aromatic carbocycles. The van der Waals surface area contributed by atoms with Crippen molar-refractivity contribution in [1.29, 1.82) is 5.26 Å². The molecule has 1 aliphatic heterocycles. The molecule has 1 N–H and O–H groups in total. The molecule has 1 atom stereocenters. The van der Waals surface area contributed by atoms with Crippen LogP contribution in [0.3, 0.4) is 0 Å². The number of H-pyrrole nitrogens is 1. The number of fused-ring (bicyclic) bond motifs is 1. The Hall–Kier alpha value is -3.17. The summed E-state index contributed by atoms with van der Waals surface area (Å²) in [6.07, 6.45) is 2.37. The van der Waals surface area contributed by atoms with Crippen molar-refractivity contribution in [1.82, 2.24) is 14.9 Å². The van der Waals surface area contributed by atoms with Crippen LogP contribution in [0, 0.1) is 17.2 Å². The number of nitriles is 1. The van der Waals surface area contributed by atoms with Gasteiger partial charge in [-0.2, -0.15) is 5.26 Å². The van der Waals surface area contributed by atoms with E-state index in [0.29, 0.717) is 11.5 Å². The van der Waals surface area contributed by atoms with E-state index in [1.54, 1.807) is 6.20 Å². The van der Waals surface area contributed by atoms with Crippen molar-refractivity contribution in [3.05, 3.63) is 69.6 Å². The van der Waals surface area contributed by atoms with Gasteiger partial charge >= 0.3 is 0 Å². The second kappa shape index (κ2) is 8.91. The number of rotatable bonds is 5. The highest BCUT2D eigenvalue weighted by Crippen LogP contribution is 2.31. The zero-order valence-electron chi connectivity index (χ0n) is 18.4. The van der Waals surface area contributed by atoms with E-state index in [2.05, 4.69) is 57.9 Å². The minimum atomic E-state index is 0.0109. The Labute approximate surface area is 183 Å². The summed E-state index contributed by atoms with van der Waals surface area (Å²) in [4.78, 5) is 24.6. The summed E-state index contributed by atoms with van der Waals surface area (Å²) in [7, 11) is 0. The normalized spacial score (nSPS) is 15.9. The summed E-state index contributed by atoms with van der Waals surface area (Å²) >= 11 is 0. The summed E-state index contributed by atoms with van der Waals surface area (Å²) in [6.45, 7) is 10.2. The van der Waals surface area contributed by atoms with Gasteiger partial charge in [-0.1, -0.05) is 32.9 Å². The first-order valence-electron chi connectivity index (χ1n) is 11.0. The maximum Gasteiger partial charge on any atom is 0.251 e. The van der Waals surface area contributed by atoms with Crippen LogP contribution in [-0.2, 0) is 6.42 Å². The zero-order chi connectivity index (χ0) is 22.0. The van der Waals surface area contributed by atoms with Crippen molar-refractivity contribution in [3.8, 4) is 6.07 Å². The first-order valence-corrected chi connectivity index (χ1v) is 11.0. The van der Waals surface area contributed by atoms with E-state index in [-0.39, 0.29) is 11.6 Å². The highest BCUT2D eigenvalue weighted by atomic mass is 16.1. The monoisotopic (exact) mass is 415 g/mol. The second-order valence-corrected chi connectivity index (χ2v) is 8.55. The Balaban J connectivity index is 1.54. The summed E-state index contributed by atoms with van der Waals surface area (Å²) in [5.41, 5.74) is 3.57. The Morgan fingerprint density at radius 1 is 1.13 bits per heavy atom. The zero-order valence-corrected chi connectivity index (χ0v) is 18.4. The maximum absolute atomic E-state index is 12.3. The molecule has 0 amide bonds. The third kappa shape index (κ3) is 4.33. The largest absolute Gasteiger partial charge is 0.354 e. The van der Waals surface area contributed by atoms with E-state index in [4.69, 9.17) is 5.26 Å². The lowest BCUT2D eigenvalue weighted by Crippen LogP contribution is -2.49. The number of benzene rings is 1. The molecule has 4 rings (SSSR count). The van der Waals surface area contributed by atoms with Gasteiger partial charge in [0.25, 0.3) is 5.56 Å². The van der Waals surface area contributed by atoms with Crippen LogP contribution in [-0.4, -0.2) is 41.0 Å². The molecule has 2 aromatic heterocycles. The van der Waals surface area contributed by atoms with Crippen molar-refractivity contribution in [2.75, 3.05) is 31.1 Å². The SMILES string of the molecule is CCc1cc2ccc(C(C(C)C)N3CCN(c4ccc(C#N)cn4)CC3)cc2[nH]c1=O. The average Bonchev–Trinajstić information content (AvgIpc) is 2.79. The molecule has 0 aliphatic carbocycles. The fourth-order valence-corrected chi connectivity index (χ4v) is 4.60. The molecular weight excluding hydrogens is 386 g/mol. The predicted octanol–water partition coefficient (Wildman–Crippen LogP) is 3.88. The molecule has 1 aliphatic rings. The van der Waals surface area contributed by atoms with Crippen molar-refractivity contribution in [3.63, 3.8) is 0 Å². The molecule has 160 valence electrons. The van der Waals surface area contributed by atoms with Gasteiger partial charge in [0, 0.05) is 49.5 Å². The fourth-order valence-electron chi connectivity index (χ4n) is 4.60. The molecule has 0 saturated carbocycles. The van der Waals surface area contributed by atoms with Crippen LogP contribution < -0.4 is 10.5 Å². The van der Waals surface area contributed by atoms with Crippen LogP contribution in [0.15, 0.2) is 47.4 Å². The molecule has 0 bridgehead atoms. The Kier molecular flexibility index (Phi) is 6.06. The molecule has 0 radical (unpaired) electrons. The van der Waals surface area contributed by atoms with Crippen molar-refractivity contribution in [2.45, 2.75) is 33.2 Å². The van der Waals surface area contributed by atoms with Crippen LogP contribution >= 0.6 is 0 Å². The van der Waals surface area contributed by atoms with E-state index in [9.17, 15) is 4.79 Å². The molecule has 1 fully saturated rings. The van der Waals surface area contributed by atoms with Gasteiger partial charge in [-0.3, -0.25) is 9.69 Å². The third-order valence-corrected chi connectivity index (χ3v) is 6.21. The van der Waals surface area contributed by atoms with Gasteiger partial charge < -0.3 is 9.88 Å². The van der Waals surface area contributed by atoms with Gasteiger partial charge in [-0.15, -0.1) is 0 Å². The van der Waals surface area contributed by atoms with Gasteiger partial charge in [0.1, 0.15) is 11.9 Å².